The zero-order chi connectivity index (χ0) is 20.9. The summed E-state index contributed by atoms with van der Waals surface area (Å²) in [6, 6.07) is 6.14. The van der Waals surface area contributed by atoms with Crippen LogP contribution in [0.2, 0.25) is 10.0 Å². The monoisotopic (exact) mass is 463 g/mol. The van der Waals surface area contributed by atoms with Crippen molar-refractivity contribution in [2.45, 2.75) is 30.3 Å². The van der Waals surface area contributed by atoms with Gasteiger partial charge in [0.15, 0.2) is 5.16 Å². The first-order valence-electron chi connectivity index (χ1n) is 10.1. The Bertz CT molecular complexity index is 1080. The highest BCUT2D eigenvalue weighted by Gasteiger charge is 2.60. The van der Waals surface area contributed by atoms with Gasteiger partial charge in [0.05, 0.1) is 15.7 Å². The number of rotatable bonds is 7. The summed E-state index contributed by atoms with van der Waals surface area (Å²) >= 11 is 14.1. The van der Waals surface area contributed by atoms with Crippen molar-refractivity contribution in [3.63, 3.8) is 0 Å². The van der Waals surface area contributed by atoms with Gasteiger partial charge in [-0.05, 0) is 49.9 Å². The molecule has 30 heavy (non-hydrogen) atoms. The number of thioether (sulfide) groups is 1. The van der Waals surface area contributed by atoms with Gasteiger partial charge in [0.25, 0.3) is 5.89 Å². The molecule has 2 atom stereocenters. The lowest BCUT2D eigenvalue weighted by atomic mass is 9.95. The first-order chi connectivity index (χ1) is 14.5. The predicted octanol–water partition coefficient (Wildman–Crippen LogP) is 4.84. The summed E-state index contributed by atoms with van der Waals surface area (Å²) in [5.74, 6) is 2.91. The van der Waals surface area contributed by atoms with Gasteiger partial charge in [-0.1, -0.05) is 41.0 Å². The van der Waals surface area contributed by atoms with E-state index < -0.39 is 0 Å². The number of aryl methyl sites for hydroxylation is 1. The Kier molecular flexibility index (Phi) is 5.34. The van der Waals surface area contributed by atoms with Crippen LogP contribution in [0.5, 0.6) is 0 Å². The molecule has 0 N–H and O–H groups in total. The summed E-state index contributed by atoms with van der Waals surface area (Å²) in [6.45, 7) is 5.27. The molecular formula is C21H23Cl2N5OS. The molecule has 9 heteroatoms. The summed E-state index contributed by atoms with van der Waals surface area (Å²) in [4.78, 5) is 6.91. The number of fused-ring (bicyclic) bond motifs is 1. The van der Waals surface area contributed by atoms with E-state index in [1.807, 2.05) is 24.6 Å². The smallest absolute Gasteiger partial charge is 0.265 e. The number of halogens is 2. The lowest BCUT2D eigenvalue weighted by Gasteiger charge is -2.21. The third kappa shape index (κ3) is 3.66. The summed E-state index contributed by atoms with van der Waals surface area (Å²) in [7, 11) is 1.95. The molecule has 5 rings (SSSR count). The maximum atomic E-state index is 6.25. The minimum atomic E-state index is 0.286. The second kappa shape index (κ2) is 7.86. The standard InChI is InChI=1S/C21H23Cl2N5OS/c1-13-11-29-19(24-13)18-25-26-20(27(18)2)30-7-3-6-28-10-15-9-21(15,12-28)14-4-5-16(22)17(23)8-14/h4-5,8,11,15H,3,6-7,9-10,12H2,1-2H3/t15-,21+/m0/s1. The maximum Gasteiger partial charge on any atom is 0.265 e. The molecule has 0 amide bonds. The summed E-state index contributed by atoms with van der Waals surface area (Å²) in [6.07, 6.45) is 4.00. The molecule has 0 radical (unpaired) electrons. The lowest BCUT2D eigenvalue weighted by Crippen LogP contribution is -2.27. The maximum absolute atomic E-state index is 6.25. The van der Waals surface area contributed by atoms with Crippen LogP contribution < -0.4 is 0 Å². The molecule has 3 heterocycles. The van der Waals surface area contributed by atoms with E-state index >= 15 is 0 Å². The molecule has 0 bridgehead atoms. The van der Waals surface area contributed by atoms with Crippen molar-refractivity contribution >= 4 is 35.0 Å². The van der Waals surface area contributed by atoms with E-state index in [9.17, 15) is 0 Å². The van der Waals surface area contributed by atoms with Crippen molar-refractivity contribution < 1.29 is 4.42 Å². The van der Waals surface area contributed by atoms with Crippen LogP contribution in [-0.4, -0.2) is 50.0 Å². The summed E-state index contributed by atoms with van der Waals surface area (Å²) < 4.78 is 7.39. The Labute approximate surface area is 190 Å². The number of oxazole rings is 1. The van der Waals surface area contributed by atoms with Crippen LogP contribution in [0.25, 0.3) is 11.7 Å². The molecule has 6 nitrogen and oxygen atoms in total. The minimum absolute atomic E-state index is 0.286. The average Bonchev–Trinajstić information content (AvgIpc) is 3.04. The SMILES string of the molecule is Cc1coc(-c2nnc(SCCCN3C[C@@H]4C[C@]4(c4ccc(Cl)c(Cl)c4)C3)n2C)n1. The molecule has 1 aliphatic heterocycles. The first kappa shape index (κ1) is 20.4. The van der Waals surface area contributed by atoms with Crippen molar-refractivity contribution in [2.24, 2.45) is 13.0 Å². The highest BCUT2D eigenvalue weighted by molar-refractivity contribution is 7.99. The summed E-state index contributed by atoms with van der Waals surface area (Å²) in [5.41, 5.74) is 2.46. The Morgan fingerprint density at radius 1 is 1.27 bits per heavy atom. The fraction of sp³-hybridized carbons (Fsp3) is 0.476. The highest BCUT2D eigenvalue weighted by atomic mass is 35.5. The molecule has 2 aromatic heterocycles. The Balaban J connectivity index is 1.13. The van der Waals surface area contributed by atoms with Crippen molar-refractivity contribution in [3.8, 4) is 11.7 Å². The van der Waals surface area contributed by atoms with Crippen LogP contribution in [0.3, 0.4) is 0 Å². The third-order valence-corrected chi connectivity index (χ3v) is 8.05. The van der Waals surface area contributed by atoms with Gasteiger partial charge in [0, 0.05) is 31.3 Å². The predicted molar refractivity (Wildman–Crippen MR) is 119 cm³/mol. The van der Waals surface area contributed by atoms with E-state index in [0.717, 1.165) is 42.0 Å². The number of hydrogen-bond donors (Lipinski definition) is 0. The molecule has 2 aliphatic rings. The Hall–Kier alpha value is -1.54. The van der Waals surface area contributed by atoms with E-state index in [0.29, 0.717) is 21.8 Å². The molecule has 0 spiro atoms. The molecular weight excluding hydrogens is 441 g/mol. The van der Waals surface area contributed by atoms with Gasteiger partial charge >= 0.3 is 0 Å². The number of benzene rings is 1. The van der Waals surface area contributed by atoms with Crippen LogP contribution in [0, 0.1) is 12.8 Å². The number of aromatic nitrogens is 4. The average molecular weight is 464 g/mol. The van der Waals surface area contributed by atoms with Crippen LogP contribution in [-0.2, 0) is 12.5 Å². The number of nitrogens with zero attached hydrogens (tertiary/aromatic N) is 5. The van der Waals surface area contributed by atoms with Crippen molar-refractivity contribution in [1.82, 2.24) is 24.6 Å². The number of hydrogen-bond acceptors (Lipinski definition) is 6. The van der Waals surface area contributed by atoms with E-state index in [4.69, 9.17) is 27.6 Å². The van der Waals surface area contributed by atoms with Crippen molar-refractivity contribution in [1.29, 1.82) is 0 Å². The molecule has 1 aromatic carbocycles. The third-order valence-electron chi connectivity index (χ3n) is 6.21. The second-order valence-electron chi connectivity index (χ2n) is 8.28. The normalized spacial score (nSPS) is 23.1. The fourth-order valence-corrected chi connectivity index (χ4v) is 5.68. The second-order valence-corrected chi connectivity index (χ2v) is 10.2. The highest BCUT2D eigenvalue weighted by Crippen LogP contribution is 2.59. The van der Waals surface area contributed by atoms with Gasteiger partial charge in [0.1, 0.15) is 6.26 Å². The number of piperidine rings is 1. The minimum Gasteiger partial charge on any atom is -0.442 e. The Morgan fingerprint density at radius 3 is 2.90 bits per heavy atom. The Morgan fingerprint density at radius 2 is 2.13 bits per heavy atom. The lowest BCUT2D eigenvalue weighted by molar-refractivity contribution is 0.299. The van der Waals surface area contributed by atoms with Crippen LogP contribution in [0.15, 0.2) is 34.0 Å². The fourth-order valence-electron chi connectivity index (χ4n) is 4.55. The van der Waals surface area contributed by atoms with Gasteiger partial charge in [-0.2, -0.15) is 0 Å². The largest absolute Gasteiger partial charge is 0.442 e. The van der Waals surface area contributed by atoms with E-state index in [-0.39, 0.29) is 5.41 Å². The van der Waals surface area contributed by atoms with Crippen LogP contribution in [0.4, 0.5) is 0 Å². The zero-order valence-electron chi connectivity index (χ0n) is 16.9. The zero-order valence-corrected chi connectivity index (χ0v) is 19.3. The van der Waals surface area contributed by atoms with Gasteiger partial charge < -0.3 is 13.9 Å². The van der Waals surface area contributed by atoms with E-state index in [1.54, 1.807) is 18.0 Å². The molecule has 0 unspecified atom stereocenters. The van der Waals surface area contributed by atoms with Crippen molar-refractivity contribution in [3.05, 3.63) is 45.8 Å². The molecule has 1 aliphatic carbocycles. The van der Waals surface area contributed by atoms with Gasteiger partial charge in [0.2, 0.25) is 5.82 Å². The molecule has 1 saturated carbocycles. The molecule has 2 fully saturated rings. The molecule has 158 valence electrons. The van der Waals surface area contributed by atoms with Crippen molar-refractivity contribution in [2.75, 3.05) is 25.4 Å². The van der Waals surface area contributed by atoms with E-state index in [1.165, 1.54) is 18.5 Å². The molecule has 3 aromatic rings. The van der Waals surface area contributed by atoms with Gasteiger partial charge in [-0.3, -0.25) is 0 Å². The van der Waals surface area contributed by atoms with Crippen LogP contribution >= 0.6 is 35.0 Å². The topological polar surface area (TPSA) is 60.0 Å². The molecule has 1 saturated heterocycles. The van der Waals surface area contributed by atoms with Gasteiger partial charge in [-0.15, -0.1) is 10.2 Å². The first-order valence-corrected chi connectivity index (χ1v) is 11.8. The van der Waals surface area contributed by atoms with E-state index in [2.05, 4.69) is 32.2 Å². The quantitative estimate of drug-likeness (QED) is 0.368. The number of likely N-dealkylation sites (tertiary alicyclic amines) is 1. The van der Waals surface area contributed by atoms with Gasteiger partial charge in [-0.25, -0.2) is 4.98 Å². The van der Waals surface area contributed by atoms with Crippen LogP contribution in [0.1, 0.15) is 24.1 Å². The summed E-state index contributed by atoms with van der Waals surface area (Å²) in [5, 5.41) is 10.7.